The normalized spacial score (nSPS) is 18.8. The summed E-state index contributed by atoms with van der Waals surface area (Å²) in [6, 6.07) is 7.56. The molecule has 1 aromatic carbocycles. The maximum atomic E-state index is 11.8. The summed E-state index contributed by atoms with van der Waals surface area (Å²) in [5.74, 6) is 0.173. The minimum Gasteiger partial charge on any atom is -0.380 e. The van der Waals surface area contributed by atoms with E-state index in [9.17, 15) is 4.79 Å². The highest BCUT2D eigenvalue weighted by atomic mass is 35.5. The van der Waals surface area contributed by atoms with E-state index in [0.29, 0.717) is 23.6 Å². The zero-order valence-corrected chi connectivity index (χ0v) is 11.7. The summed E-state index contributed by atoms with van der Waals surface area (Å²) in [5, 5.41) is 12.5. The molecule has 0 saturated carbocycles. The van der Waals surface area contributed by atoms with Gasteiger partial charge in [-0.25, -0.2) is 0 Å². The van der Waals surface area contributed by atoms with Crippen molar-refractivity contribution in [2.24, 2.45) is 0 Å². The molecule has 0 unspecified atom stereocenters. The fraction of sp³-hybridized carbons (Fsp3) is 0.429. The molecule has 2 rings (SSSR count). The summed E-state index contributed by atoms with van der Waals surface area (Å²) in [6.07, 6.45) is 0.496. The molecule has 0 aromatic heterocycles. The number of nitrogens with zero attached hydrogens (tertiary/aromatic N) is 2. The fourth-order valence-electron chi connectivity index (χ4n) is 2.26. The van der Waals surface area contributed by atoms with Crippen molar-refractivity contribution in [1.29, 1.82) is 5.26 Å². The van der Waals surface area contributed by atoms with Gasteiger partial charge in [-0.2, -0.15) is 5.26 Å². The number of nitrogens with one attached hydrogen (secondary N) is 1. The Morgan fingerprint density at radius 1 is 1.53 bits per heavy atom. The van der Waals surface area contributed by atoms with Crippen LogP contribution in [0.4, 0.5) is 5.69 Å². The van der Waals surface area contributed by atoms with Gasteiger partial charge in [0, 0.05) is 24.7 Å². The summed E-state index contributed by atoms with van der Waals surface area (Å²) in [4.78, 5) is 13.7. The average Bonchev–Trinajstić information content (AvgIpc) is 2.70. The molecule has 0 aliphatic carbocycles. The van der Waals surface area contributed by atoms with Gasteiger partial charge in [0.25, 0.3) is 0 Å². The smallest absolute Gasteiger partial charge is 0.225 e. The Bertz CT molecular complexity index is 536. The van der Waals surface area contributed by atoms with Gasteiger partial charge < -0.3 is 10.2 Å². The van der Waals surface area contributed by atoms with E-state index < -0.39 is 0 Å². The molecule has 100 valence electrons. The van der Waals surface area contributed by atoms with Crippen LogP contribution in [0.3, 0.4) is 0 Å². The van der Waals surface area contributed by atoms with E-state index in [1.54, 1.807) is 12.1 Å². The van der Waals surface area contributed by atoms with Crippen molar-refractivity contribution >= 4 is 23.2 Å². The second-order valence-electron chi connectivity index (χ2n) is 4.99. The predicted octanol–water partition coefficient (Wildman–Crippen LogP) is 2.63. The molecule has 1 heterocycles. The average molecular weight is 278 g/mol. The second-order valence-corrected chi connectivity index (χ2v) is 5.40. The van der Waals surface area contributed by atoms with E-state index in [2.05, 4.69) is 5.32 Å². The molecule has 1 amide bonds. The Labute approximate surface area is 118 Å². The molecule has 1 N–H and O–H groups in total. The van der Waals surface area contributed by atoms with Crippen LogP contribution in [0.25, 0.3) is 0 Å². The van der Waals surface area contributed by atoms with Crippen molar-refractivity contribution in [3.8, 4) is 6.07 Å². The monoisotopic (exact) mass is 277 g/mol. The fourth-order valence-corrected chi connectivity index (χ4v) is 2.48. The maximum absolute atomic E-state index is 11.8. The first-order valence-electron chi connectivity index (χ1n) is 6.27. The largest absolute Gasteiger partial charge is 0.380 e. The summed E-state index contributed by atoms with van der Waals surface area (Å²) in [5.41, 5.74) is 1.30. The van der Waals surface area contributed by atoms with Gasteiger partial charge in [0.2, 0.25) is 5.91 Å². The van der Waals surface area contributed by atoms with E-state index >= 15 is 0 Å². The first-order chi connectivity index (χ1) is 9.01. The molecule has 1 aliphatic rings. The Morgan fingerprint density at radius 3 is 2.79 bits per heavy atom. The number of amides is 1. The highest BCUT2D eigenvalue weighted by molar-refractivity contribution is 6.32. The van der Waals surface area contributed by atoms with Crippen molar-refractivity contribution in [3.05, 3.63) is 28.8 Å². The van der Waals surface area contributed by atoms with E-state index in [0.717, 1.165) is 5.69 Å². The molecule has 5 heteroatoms. The number of hydrogen-bond acceptors (Lipinski definition) is 3. The molecule has 0 spiro atoms. The highest BCUT2D eigenvalue weighted by Gasteiger charge is 2.30. The van der Waals surface area contributed by atoms with Crippen molar-refractivity contribution in [1.82, 2.24) is 4.90 Å². The molecular formula is C14H16ClN3O. The van der Waals surface area contributed by atoms with Crippen LogP contribution in [-0.4, -0.2) is 29.4 Å². The number of halogens is 1. The molecule has 1 atom stereocenters. The standard InChI is InChI=1S/C14H16ClN3O/c1-9(2)18-8-12(6-14(18)19)17-11-4-3-10(7-16)13(15)5-11/h3-5,9,12,17H,6,8H2,1-2H3/t12-/m0/s1. The van der Waals surface area contributed by atoms with Gasteiger partial charge in [-0.1, -0.05) is 11.6 Å². The van der Waals surface area contributed by atoms with Crippen LogP contribution in [0.5, 0.6) is 0 Å². The number of hydrogen-bond donors (Lipinski definition) is 1. The van der Waals surface area contributed by atoms with Crippen molar-refractivity contribution in [2.45, 2.75) is 32.4 Å². The number of carbonyl (C=O) groups is 1. The highest BCUT2D eigenvalue weighted by Crippen LogP contribution is 2.23. The lowest BCUT2D eigenvalue weighted by molar-refractivity contribution is -0.129. The Balaban J connectivity index is 2.05. The predicted molar refractivity (Wildman–Crippen MR) is 75.0 cm³/mol. The Kier molecular flexibility index (Phi) is 3.96. The van der Waals surface area contributed by atoms with Crippen LogP contribution < -0.4 is 5.32 Å². The van der Waals surface area contributed by atoms with Gasteiger partial charge in [0.05, 0.1) is 16.6 Å². The summed E-state index contributed by atoms with van der Waals surface area (Å²) >= 11 is 5.98. The first kappa shape index (κ1) is 13.7. The quantitative estimate of drug-likeness (QED) is 0.924. The van der Waals surface area contributed by atoms with Gasteiger partial charge in [-0.3, -0.25) is 4.79 Å². The van der Waals surface area contributed by atoms with Crippen LogP contribution in [0, 0.1) is 11.3 Å². The number of rotatable bonds is 3. The first-order valence-corrected chi connectivity index (χ1v) is 6.64. The molecular weight excluding hydrogens is 262 g/mol. The van der Waals surface area contributed by atoms with Crippen molar-refractivity contribution in [2.75, 3.05) is 11.9 Å². The third kappa shape index (κ3) is 2.99. The van der Waals surface area contributed by atoms with E-state index in [4.69, 9.17) is 16.9 Å². The van der Waals surface area contributed by atoms with Crippen LogP contribution >= 0.6 is 11.6 Å². The molecule has 1 aliphatic heterocycles. The lowest BCUT2D eigenvalue weighted by atomic mass is 10.2. The Hall–Kier alpha value is -1.73. The number of anilines is 1. The lowest BCUT2D eigenvalue weighted by Gasteiger charge is -2.21. The minimum atomic E-state index is 0.0962. The molecule has 1 aromatic rings. The molecule has 4 nitrogen and oxygen atoms in total. The topological polar surface area (TPSA) is 56.1 Å². The lowest BCUT2D eigenvalue weighted by Crippen LogP contribution is -2.33. The van der Waals surface area contributed by atoms with E-state index in [1.165, 1.54) is 0 Å². The van der Waals surface area contributed by atoms with Gasteiger partial charge >= 0.3 is 0 Å². The van der Waals surface area contributed by atoms with Crippen LogP contribution in [0.1, 0.15) is 25.8 Å². The molecule has 1 fully saturated rings. The second kappa shape index (κ2) is 5.50. The van der Waals surface area contributed by atoms with Gasteiger partial charge in [0.1, 0.15) is 6.07 Å². The molecule has 0 radical (unpaired) electrons. The van der Waals surface area contributed by atoms with Gasteiger partial charge in [-0.05, 0) is 32.0 Å². The van der Waals surface area contributed by atoms with Gasteiger partial charge in [-0.15, -0.1) is 0 Å². The van der Waals surface area contributed by atoms with Crippen LogP contribution in [-0.2, 0) is 4.79 Å². The Morgan fingerprint density at radius 2 is 2.26 bits per heavy atom. The molecule has 1 saturated heterocycles. The third-order valence-corrected chi connectivity index (χ3v) is 3.55. The van der Waals surface area contributed by atoms with E-state index in [1.807, 2.05) is 30.9 Å². The summed E-state index contributed by atoms with van der Waals surface area (Å²) in [6.45, 7) is 4.73. The van der Waals surface area contributed by atoms with E-state index in [-0.39, 0.29) is 18.0 Å². The van der Waals surface area contributed by atoms with Crippen molar-refractivity contribution in [3.63, 3.8) is 0 Å². The number of likely N-dealkylation sites (tertiary alicyclic amines) is 1. The van der Waals surface area contributed by atoms with Crippen LogP contribution in [0.2, 0.25) is 5.02 Å². The molecule has 19 heavy (non-hydrogen) atoms. The number of carbonyl (C=O) groups excluding carboxylic acids is 1. The summed E-state index contributed by atoms with van der Waals surface area (Å²) < 4.78 is 0. The SMILES string of the molecule is CC(C)N1C[C@@H](Nc2ccc(C#N)c(Cl)c2)CC1=O. The van der Waals surface area contributed by atoms with Crippen LogP contribution in [0.15, 0.2) is 18.2 Å². The number of nitriles is 1. The minimum absolute atomic E-state index is 0.0962. The third-order valence-electron chi connectivity index (χ3n) is 3.24. The zero-order chi connectivity index (χ0) is 14.0. The van der Waals surface area contributed by atoms with Gasteiger partial charge in [0.15, 0.2) is 0 Å². The van der Waals surface area contributed by atoms with Crippen molar-refractivity contribution < 1.29 is 4.79 Å². The number of benzene rings is 1. The molecule has 0 bridgehead atoms. The zero-order valence-electron chi connectivity index (χ0n) is 11.0. The summed E-state index contributed by atoms with van der Waals surface area (Å²) in [7, 11) is 0. The maximum Gasteiger partial charge on any atom is 0.225 e.